The van der Waals surface area contributed by atoms with Gasteiger partial charge in [0.15, 0.2) is 5.69 Å². The van der Waals surface area contributed by atoms with E-state index >= 15 is 0 Å². The Morgan fingerprint density at radius 1 is 1.14 bits per heavy atom. The van der Waals surface area contributed by atoms with Gasteiger partial charge in [0.25, 0.3) is 0 Å². The van der Waals surface area contributed by atoms with Crippen LogP contribution in [0.15, 0.2) is 54.7 Å². The number of methoxy groups -OCH3 is 1. The van der Waals surface area contributed by atoms with Crippen molar-refractivity contribution in [3.05, 3.63) is 60.4 Å². The van der Waals surface area contributed by atoms with Crippen molar-refractivity contribution in [1.82, 2.24) is 14.8 Å². The van der Waals surface area contributed by atoms with Gasteiger partial charge in [-0.05, 0) is 24.3 Å². The third-order valence-electron chi connectivity index (χ3n) is 3.17. The predicted molar refractivity (Wildman–Crippen MR) is 80.3 cm³/mol. The lowest BCUT2D eigenvalue weighted by Gasteiger charge is -2.09. The van der Waals surface area contributed by atoms with Crippen LogP contribution in [0, 0.1) is 0 Å². The number of benzene rings is 1. The summed E-state index contributed by atoms with van der Waals surface area (Å²) < 4.78 is 6.63. The minimum atomic E-state index is -1.07. The second kappa shape index (κ2) is 5.69. The second-order valence-electron chi connectivity index (χ2n) is 4.52. The summed E-state index contributed by atoms with van der Waals surface area (Å²) in [4.78, 5) is 15.7. The van der Waals surface area contributed by atoms with Gasteiger partial charge in [0.05, 0.1) is 12.8 Å². The van der Waals surface area contributed by atoms with Gasteiger partial charge in [-0.3, -0.25) is 4.98 Å². The third kappa shape index (κ3) is 2.42. The molecule has 2 aromatic heterocycles. The predicted octanol–water partition coefficient (Wildman–Crippen LogP) is 2.64. The second-order valence-corrected chi connectivity index (χ2v) is 4.52. The van der Waals surface area contributed by atoms with Crippen LogP contribution in [-0.2, 0) is 0 Å². The number of carboxylic acid groups (broad SMARTS) is 1. The van der Waals surface area contributed by atoms with Gasteiger partial charge in [-0.25, -0.2) is 9.48 Å². The molecule has 0 radical (unpaired) electrons. The zero-order valence-corrected chi connectivity index (χ0v) is 11.8. The van der Waals surface area contributed by atoms with E-state index in [2.05, 4.69) is 10.1 Å². The van der Waals surface area contributed by atoms with E-state index in [1.54, 1.807) is 36.5 Å². The van der Waals surface area contributed by atoms with Crippen LogP contribution < -0.4 is 4.74 Å². The molecule has 0 saturated heterocycles. The molecule has 6 nitrogen and oxygen atoms in total. The summed E-state index contributed by atoms with van der Waals surface area (Å²) in [6, 6.07) is 14.0. The molecule has 1 aromatic carbocycles. The molecule has 0 saturated carbocycles. The fraction of sp³-hybridized carbons (Fsp3) is 0.0625. The van der Waals surface area contributed by atoms with E-state index in [-0.39, 0.29) is 5.69 Å². The summed E-state index contributed by atoms with van der Waals surface area (Å²) in [5.41, 5.74) is 1.71. The van der Waals surface area contributed by atoms with Crippen LogP contribution in [0.3, 0.4) is 0 Å². The van der Waals surface area contributed by atoms with Crippen molar-refractivity contribution in [2.24, 2.45) is 0 Å². The highest BCUT2D eigenvalue weighted by Gasteiger charge is 2.19. The number of rotatable bonds is 4. The Morgan fingerprint density at radius 2 is 1.91 bits per heavy atom. The Labute approximate surface area is 126 Å². The first-order valence-electron chi connectivity index (χ1n) is 6.59. The van der Waals surface area contributed by atoms with Crippen LogP contribution in [0.25, 0.3) is 17.1 Å². The first-order valence-corrected chi connectivity index (χ1v) is 6.59. The maximum atomic E-state index is 11.5. The van der Waals surface area contributed by atoms with Crippen LogP contribution in [0.4, 0.5) is 0 Å². The van der Waals surface area contributed by atoms with Crippen molar-refractivity contribution in [1.29, 1.82) is 0 Å². The molecular formula is C16H13N3O3. The van der Waals surface area contributed by atoms with E-state index in [1.807, 2.05) is 12.1 Å². The van der Waals surface area contributed by atoms with Crippen molar-refractivity contribution in [3.8, 4) is 22.8 Å². The van der Waals surface area contributed by atoms with Crippen LogP contribution in [0.2, 0.25) is 0 Å². The number of pyridine rings is 1. The summed E-state index contributed by atoms with van der Waals surface area (Å²) in [6.07, 6.45) is 1.64. The van der Waals surface area contributed by atoms with Crippen molar-refractivity contribution in [2.75, 3.05) is 7.11 Å². The maximum absolute atomic E-state index is 11.5. The standard InChI is InChI=1S/C16H13N3O3/c1-22-15-8-3-2-7-13(15)19-14(16(20)21)10-12(18-19)11-6-4-5-9-17-11/h2-10H,1H3,(H,20,21). The Hall–Kier alpha value is -3.15. The number of hydrogen-bond donors (Lipinski definition) is 1. The molecule has 0 spiro atoms. The van der Waals surface area contributed by atoms with Crippen molar-refractivity contribution in [3.63, 3.8) is 0 Å². The number of aromatic nitrogens is 3. The van der Waals surface area contributed by atoms with Gasteiger partial charge in [0.1, 0.15) is 17.1 Å². The molecular weight excluding hydrogens is 282 g/mol. The molecule has 0 amide bonds. The number of carboxylic acids is 1. The highest BCUT2D eigenvalue weighted by atomic mass is 16.5. The monoisotopic (exact) mass is 295 g/mol. The van der Waals surface area contributed by atoms with Crippen LogP contribution >= 0.6 is 0 Å². The number of carbonyl (C=O) groups is 1. The summed E-state index contributed by atoms with van der Waals surface area (Å²) in [7, 11) is 1.53. The lowest BCUT2D eigenvalue weighted by atomic mass is 10.2. The number of ether oxygens (including phenoxy) is 1. The van der Waals surface area contributed by atoms with E-state index in [0.717, 1.165) is 0 Å². The molecule has 110 valence electrons. The Morgan fingerprint density at radius 3 is 2.59 bits per heavy atom. The molecule has 0 aliphatic heterocycles. The molecule has 3 aromatic rings. The van der Waals surface area contributed by atoms with Crippen molar-refractivity contribution < 1.29 is 14.6 Å². The van der Waals surface area contributed by atoms with Gasteiger partial charge in [0, 0.05) is 12.3 Å². The Kier molecular flexibility index (Phi) is 3.57. The first kappa shape index (κ1) is 13.8. The van der Waals surface area contributed by atoms with Crippen molar-refractivity contribution in [2.45, 2.75) is 0 Å². The van der Waals surface area contributed by atoms with E-state index < -0.39 is 5.97 Å². The minimum absolute atomic E-state index is 0.0464. The molecule has 1 N–H and O–H groups in total. The van der Waals surface area contributed by atoms with Gasteiger partial charge < -0.3 is 9.84 Å². The quantitative estimate of drug-likeness (QED) is 0.800. The van der Waals surface area contributed by atoms with E-state index in [1.165, 1.54) is 17.9 Å². The Bertz CT molecular complexity index is 813. The number of nitrogens with zero attached hydrogens (tertiary/aromatic N) is 3. The summed E-state index contributed by atoms with van der Waals surface area (Å²) in [5, 5.41) is 13.8. The first-order chi connectivity index (χ1) is 10.7. The largest absolute Gasteiger partial charge is 0.494 e. The number of aromatic carboxylic acids is 1. The smallest absolute Gasteiger partial charge is 0.354 e. The van der Waals surface area contributed by atoms with Gasteiger partial charge in [-0.2, -0.15) is 5.10 Å². The number of para-hydroxylation sites is 2. The summed E-state index contributed by atoms with van der Waals surface area (Å²) >= 11 is 0. The Balaban J connectivity index is 2.19. The number of hydrogen-bond acceptors (Lipinski definition) is 4. The van der Waals surface area contributed by atoms with E-state index in [9.17, 15) is 9.90 Å². The molecule has 22 heavy (non-hydrogen) atoms. The molecule has 0 aliphatic carbocycles. The average molecular weight is 295 g/mol. The van der Waals surface area contributed by atoms with Gasteiger partial charge in [0.2, 0.25) is 0 Å². The SMILES string of the molecule is COc1ccccc1-n1nc(-c2ccccn2)cc1C(=O)O. The maximum Gasteiger partial charge on any atom is 0.354 e. The highest BCUT2D eigenvalue weighted by molar-refractivity contribution is 5.88. The van der Waals surface area contributed by atoms with Crippen molar-refractivity contribution >= 4 is 5.97 Å². The zero-order chi connectivity index (χ0) is 15.5. The molecule has 0 bridgehead atoms. The van der Waals surface area contributed by atoms with Gasteiger partial charge >= 0.3 is 5.97 Å². The van der Waals surface area contributed by atoms with Crippen LogP contribution in [-0.4, -0.2) is 33.0 Å². The van der Waals surface area contributed by atoms with E-state index in [0.29, 0.717) is 22.8 Å². The zero-order valence-electron chi connectivity index (χ0n) is 11.8. The molecule has 0 unspecified atom stereocenters. The van der Waals surface area contributed by atoms with Crippen LogP contribution in [0.1, 0.15) is 10.5 Å². The normalized spacial score (nSPS) is 10.4. The molecule has 0 fully saturated rings. The molecule has 3 rings (SSSR count). The summed E-state index contributed by atoms with van der Waals surface area (Å²) in [5.74, 6) is -0.527. The third-order valence-corrected chi connectivity index (χ3v) is 3.17. The van der Waals surface area contributed by atoms with Crippen LogP contribution in [0.5, 0.6) is 5.75 Å². The molecule has 6 heteroatoms. The lowest BCUT2D eigenvalue weighted by Crippen LogP contribution is -2.09. The lowest BCUT2D eigenvalue weighted by molar-refractivity contribution is 0.0687. The van der Waals surface area contributed by atoms with Gasteiger partial charge in [-0.15, -0.1) is 0 Å². The summed E-state index contributed by atoms with van der Waals surface area (Å²) in [6.45, 7) is 0. The van der Waals surface area contributed by atoms with E-state index in [4.69, 9.17) is 4.74 Å². The highest BCUT2D eigenvalue weighted by Crippen LogP contribution is 2.26. The topological polar surface area (TPSA) is 77.2 Å². The minimum Gasteiger partial charge on any atom is -0.494 e. The average Bonchev–Trinajstić information content (AvgIpc) is 3.01. The fourth-order valence-electron chi connectivity index (χ4n) is 2.16. The molecule has 0 atom stereocenters. The molecule has 0 aliphatic rings. The fourth-order valence-corrected chi connectivity index (χ4v) is 2.16. The van der Waals surface area contributed by atoms with Gasteiger partial charge in [-0.1, -0.05) is 18.2 Å². The molecule has 2 heterocycles.